The molecule has 0 radical (unpaired) electrons. The molecule has 3 rings (SSSR count). The Morgan fingerprint density at radius 2 is 1.54 bits per heavy atom. The molecule has 2 atom stereocenters. The summed E-state index contributed by atoms with van der Waals surface area (Å²) in [7, 11) is 1.64. The second kappa shape index (κ2) is 7.56. The molecule has 0 fully saturated rings. The van der Waals surface area contributed by atoms with Crippen LogP contribution in [-0.4, -0.2) is 13.0 Å². The Kier molecular flexibility index (Phi) is 5.21. The number of nitrogens with one attached hydrogen (secondary N) is 1. The maximum atomic E-state index is 13.0. The molecular weight excluding hydrogens is 329 g/mol. The summed E-state index contributed by atoms with van der Waals surface area (Å²) in [6.07, 6.45) is 0. The van der Waals surface area contributed by atoms with Crippen LogP contribution in [-0.2, 0) is 4.79 Å². The van der Waals surface area contributed by atoms with Crippen molar-refractivity contribution in [1.29, 1.82) is 0 Å². The highest BCUT2D eigenvalue weighted by atomic mass is 19.1. The lowest BCUT2D eigenvalue weighted by molar-refractivity contribution is -0.122. The van der Waals surface area contributed by atoms with Crippen LogP contribution in [0.2, 0.25) is 0 Å². The van der Waals surface area contributed by atoms with Crippen LogP contribution in [0, 0.1) is 5.82 Å². The minimum Gasteiger partial charge on any atom is -0.497 e. The molecule has 1 amide bonds. The minimum absolute atomic E-state index is 0.0605. The van der Waals surface area contributed by atoms with Crippen molar-refractivity contribution in [3.63, 3.8) is 0 Å². The molecule has 4 heteroatoms. The molecule has 0 aromatic heterocycles. The van der Waals surface area contributed by atoms with Crippen LogP contribution in [0.15, 0.2) is 60.7 Å². The number of hydrogen-bond donors (Lipinski definition) is 1. The fourth-order valence-electron chi connectivity index (χ4n) is 2.96. The summed E-state index contributed by atoms with van der Waals surface area (Å²) >= 11 is 0. The van der Waals surface area contributed by atoms with Gasteiger partial charge in [0, 0.05) is 0 Å². The third-order valence-corrected chi connectivity index (χ3v) is 4.69. The van der Waals surface area contributed by atoms with Gasteiger partial charge in [-0.3, -0.25) is 4.79 Å². The van der Waals surface area contributed by atoms with E-state index in [2.05, 4.69) is 5.32 Å². The molecule has 0 spiro atoms. The molecule has 3 aromatic carbocycles. The highest BCUT2D eigenvalue weighted by molar-refractivity contribution is 5.88. The van der Waals surface area contributed by atoms with E-state index >= 15 is 0 Å². The Morgan fingerprint density at radius 3 is 2.23 bits per heavy atom. The molecule has 0 aliphatic heterocycles. The molecular formula is C22H22FNO2. The SMILES string of the molecule is COc1ccc2cc([C@H](C)C(=O)N[C@H](C)c3ccc(F)cc3)ccc2c1. The zero-order valence-corrected chi connectivity index (χ0v) is 15.1. The predicted octanol–water partition coefficient (Wildman–Crippen LogP) is 4.97. The lowest BCUT2D eigenvalue weighted by atomic mass is 9.96. The summed E-state index contributed by atoms with van der Waals surface area (Å²) in [6, 6.07) is 17.9. The second-order valence-corrected chi connectivity index (χ2v) is 6.48. The van der Waals surface area contributed by atoms with Crippen molar-refractivity contribution in [1.82, 2.24) is 5.32 Å². The monoisotopic (exact) mass is 351 g/mol. The Hall–Kier alpha value is -2.88. The van der Waals surface area contributed by atoms with E-state index in [4.69, 9.17) is 4.74 Å². The number of carbonyl (C=O) groups is 1. The molecule has 0 saturated carbocycles. The van der Waals surface area contributed by atoms with Crippen LogP contribution in [0.5, 0.6) is 5.75 Å². The topological polar surface area (TPSA) is 38.3 Å². The third-order valence-electron chi connectivity index (χ3n) is 4.69. The van der Waals surface area contributed by atoms with Gasteiger partial charge < -0.3 is 10.1 Å². The minimum atomic E-state index is -0.288. The molecule has 134 valence electrons. The van der Waals surface area contributed by atoms with Gasteiger partial charge >= 0.3 is 0 Å². The van der Waals surface area contributed by atoms with Gasteiger partial charge in [-0.1, -0.05) is 36.4 Å². The zero-order valence-electron chi connectivity index (χ0n) is 15.1. The van der Waals surface area contributed by atoms with Crippen molar-refractivity contribution in [2.45, 2.75) is 25.8 Å². The molecule has 0 saturated heterocycles. The number of hydrogen-bond acceptors (Lipinski definition) is 2. The summed E-state index contributed by atoms with van der Waals surface area (Å²) < 4.78 is 18.3. The first-order valence-corrected chi connectivity index (χ1v) is 8.61. The molecule has 0 aliphatic rings. The summed E-state index contributed by atoms with van der Waals surface area (Å²) in [5.41, 5.74) is 1.82. The quantitative estimate of drug-likeness (QED) is 0.705. The Morgan fingerprint density at radius 1 is 0.923 bits per heavy atom. The molecule has 1 N–H and O–H groups in total. The fourth-order valence-corrected chi connectivity index (χ4v) is 2.96. The average Bonchev–Trinajstić information content (AvgIpc) is 2.66. The number of rotatable bonds is 5. The summed E-state index contributed by atoms with van der Waals surface area (Å²) in [6.45, 7) is 3.78. The van der Waals surface area contributed by atoms with E-state index < -0.39 is 0 Å². The van der Waals surface area contributed by atoms with Crippen LogP contribution in [0.4, 0.5) is 4.39 Å². The summed E-state index contributed by atoms with van der Waals surface area (Å²) in [4.78, 5) is 12.6. The first-order chi connectivity index (χ1) is 12.5. The maximum absolute atomic E-state index is 13.0. The lowest BCUT2D eigenvalue weighted by Gasteiger charge is -2.18. The van der Waals surface area contributed by atoms with E-state index in [1.807, 2.05) is 50.2 Å². The number of methoxy groups -OCH3 is 1. The number of amides is 1. The smallest absolute Gasteiger partial charge is 0.227 e. The lowest BCUT2D eigenvalue weighted by Crippen LogP contribution is -2.30. The van der Waals surface area contributed by atoms with E-state index in [0.29, 0.717) is 0 Å². The first kappa shape index (κ1) is 17.9. The van der Waals surface area contributed by atoms with Crippen molar-refractivity contribution in [2.75, 3.05) is 7.11 Å². The van der Waals surface area contributed by atoms with Crippen LogP contribution < -0.4 is 10.1 Å². The summed E-state index contributed by atoms with van der Waals surface area (Å²) in [5, 5.41) is 5.13. The molecule has 0 aliphatic carbocycles. The standard InChI is InChI=1S/C22H22FNO2/c1-14(22(25)24-15(2)16-6-9-20(23)10-7-16)17-4-5-19-13-21(26-3)11-8-18(19)12-17/h4-15H,1-3H3,(H,24,25)/t14-,15+/m0/s1. The Bertz CT molecular complexity index is 921. The molecule has 26 heavy (non-hydrogen) atoms. The van der Waals surface area contributed by atoms with Crippen molar-refractivity contribution in [3.8, 4) is 5.75 Å². The van der Waals surface area contributed by atoms with E-state index in [1.165, 1.54) is 12.1 Å². The number of halogens is 1. The van der Waals surface area contributed by atoms with Gasteiger partial charge in [0.1, 0.15) is 11.6 Å². The van der Waals surface area contributed by atoms with Gasteiger partial charge in [-0.2, -0.15) is 0 Å². The Labute approximate surface area is 152 Å². The van der Waals surface area contributed by atoms with Crippen molar-refractivity contribution < 1.29 is 13.9 Å². The van der Waals surface area contributed by atoms with Crippen molar-refractivity contribution in [2.24, 2.45) is 0 Å². The average molecular weight is 351 g/mol. The van der Waals surface area contributed by atoms with Gasteiger partial charge in [0.2, 0.25) is 5.91 Å². The van der Waals surface area contributed by atoms with Crippen LogP contribution >= 0.6 is 0 Å². The number of fused-ring (bicyclic) bond motifs is 1. The van der Waals surface area contributed by atoms with E-state index in [9.17, 15) is 9.18 Å². The van der Waals surface area contributed by atoms with Crippen LogP contribution in [0.1, 0.15) is 36.9 Å². The third kappa shape index (κ3) is 3.85. The van der Waals surface area contributed by atoms with E-state index in [0.717, 1.165) is 27.6 Å². The van der Waals surface area contributed by atoms with Gasteiger partial charge in [0.15, 0.2) is 0 Å². The maximum Gasteiger partial charge on any atom is 0.227 e. The number of carbonyl (C=O) groups excluding carboxylic acids is 1. The van der Waals surface area contributed by atoms with Gasteiger partial charge in [-0.15, -0.1) is 0 Å². The fraction of sp³-hybridized carbons (Fsp3) is 0.227. The van der Waals surface area contributed by atoms with E-state index in [-0.39, 0.29) is 23.7 Å². The molecule has 3 nitrogen and oxygen atoms in total. The van der Waals surface area contributed by atoms with Crippen molar-refractivity contribution >= 4 is 16.7 Å². The van der Waals surface area contributed by atoms with Gasteiger partial charge in [0.25, 0.3) is 0 Å². The molecule has 3 aromatic rings. The number of ether oxygens (including phenoxy) is 1. The Balaban J connectivity index is 1.75. The zero-order chi connectivity index (χ0) is 18.7. The largest absolute Gasteiger partial charge is 0.497 e. The highest BCUT2D eigenvalue weighted by Gasteiger charge is 2.18. The van der Waals surface area contributed by atoms with Gasteiger partial charge in [-0.05, 0) is 60.0 Å². The molecule has 0 heterocycles. The van der Waals surface area contributed by atoms with Gasteiger partial charge in [0.05, 0.1) is 19.1 Å². The summed E-state index contributed by atoms with van der Waals surface area (Å²) in [5.74, 6) is 0.177. The molecule has 0 unspecified atom stereocenters. The van der Waals surface area contributed by atoms with Crippen molar-refractivity contribution in [3.05, 3.63) is 77.6 Å². The highest BCUT2D eigenvalue weighted by Crippen LogP contribution is 2.26. The molecule has 0 bridgehead atoms. The second-order valence-electron chi connectivity index (χ2n) is 6.48. The predicted molar refractivity (Wildman–Crippen MR) is 102 cm³/mol. The number of benzene rings is 3. The first-order valence-electron chi connectivity index (χ1n) is 8.61. The van der Waals surface area contributed by atoms with E-state index in [1.54, 1.807) is 19.2 Å². The van der Waals surface area contributed by atoms with Gasteiger partial charge in [-0.25, -0.2) is 4.39 Å². The van der Waals surface area contributed by atoms with Crippen LogP contribution in [0.3, 0.4) is 0 Å². The normalized spacial score (nSPS) is 13.2. The van der Waals surface area contributed by atoms with Crippen LogP contribution in [0.25, 0.3) is 10.8 Å².